The Hall–Kier alpha value is -1.55. The summed E-state index contributed by atoms with van der Waals surface area (Å²) in [4.78, 5) is 14.2. The maximum atomic E-state index is 11.9. The summed E-state index contributed by atoms with van der Waals surface area (Å²) in [7, 11) is 0. The van der Waals surface area contributed by atoms with Crippen molar-refractivity contribution in [1.29, 1.82) is 0 Å². The highest BCUT2D eigenvalue weighted by Gasteiger charge is 2.28. The van der Waals surface area contributed by atoms with E-state index in [2.05, 4.69) is 24.1 Å². The molecule has 104 valence electrons. The Balaban J connectivity index is 1.76. The molecule has 1 aromatic carbocycles. The van der Waals surface area contributed by atoms with E-state index in [0.717, 1.165) is 25.3 Å². The average Bonchev–Trinajstić information content (AvgIpc) is 2.66. The predicted molar refractivity (Wildman–Crippen MR) is 78.9 cm³/mol. The molecular weight excluding hydrogens is 238 g/mol. The molecule has 4 nitrogen and oxygen atoms in total. The smallest absolute Gasteiger partial charge is 0.225 e. The molecule has 1 aromatic rings. The molecule has 0 spiro atoms. The Labute approximate surface area is 115 Å². The minimum atomic E-state index is 0.0512. The van der Waals surface area contributed by atoms with Crippen molar-refractivity contribution in [1.82, 2.24) is 4.90 Å². The lowest BCUT2D eigenvalue weighted by molar-refractivity contribution is -0.116. The third kappa shape index (κ3) is 4.24. The highest BCUT2D eigenvalue weighted by molar-refractivity contribution is 5.91. The topological polar surface area (TPSA) is 58.4 Å². The zero-order valence-corrected chi connectivity index (χ0v) is 11.8. The number of nitrogen functional groups attached to an aromatic ring is 1. The standard InChI is InChI=1S/C15H23N3O/c1-15(2)7-9-18(11-15)8-6-14(19)17-13-5-3-4-12(16)10-13/h3-5,10H,6-9,11,16H2,1-2H3,(H,17,19). The largest absolute Gasteiger partial charge is 0.399 e. The molecule has 2 rings (SSSR count). The molecule has 4 heteroatoms. The number of nitrogens with two attached hydrogens (primary N) is 1. The number of benzene rings is 1. The van der Waals surface area contributed by atoms with Crippen molar-refractivity contribution in [3.05, 3.63) is 24.3 Å². The fourth-order valence-electron chi connectivity index (χ4n) is 2.51. The number of anilines is 2. The molecule has 1 amide bonds. The highest BCUT2D eigenvalue weighted by Crippen LogP contribution is 2.28. The molecule has 0 bridgehead atoms. The van der Waals surface area contributed by atoms with Gasteiger partial charge in [-0.3, -0.25) is 4.79 Å². The molecule has 3 N–H and O–H groups in total. The van der Waals surface area contributed by atoms with Crippen molar-refractivity contribution in [2.45, 2.75) is 26.7 Å². The second-order valence-electron chi connectivity index (χ2n) is 6.11. The van der Waals surface area contributed by atoms with Crippen molar-refractivity contribution in [3.8, 4) is 0 Å². The van der Waals surface area contributed by atoms with Crippen molar-refractivity contribution < 1.29 is 4.79 Å². The van der Waals surface area contributed by atoms with Gasteiger partial charge in [0.05, 0.1) is 0 Å². The van der Waals surface area contributed by atoms with Gasteiger partial charge in [-0.1, -0.05) is 19.9 Å². The van der Waals surface area contributed by atoms with Gasteiger partial charge in [0.15, 0.2) is 0 Å². The Morgan fingerprint density at radius 1 is 1.47 bits per heavy atom. The number of rotatable bonds is 4. The van der Waals surface area contributed by atoms with E-state index in [1.165, 1.54) is 6.42 Å². The fourth-order valence-corrected chi connectivity index (χ4v) is 2.51. The van der Waals surface area contributed by atoms with Gasteiger partial charge in [-0.25, -0.2) is 0 Å². The number of amides is 1. The van der Waals surface area contributed by atoms with Gasteiger partial charge < -0.3 is 16.0 Å². The summed E-state index contributed by atoms with van der Waals surface area (Å²) < 4.78 is 0. The molecule has 0 saturated carbocycles. The van der Waals surface area contributed by atoms with E-state index in [9.17, 15) is 4.79 Å². The van der Waals surface area contributed by atoms with Crippen LogP contribution in [0.15, 0.2) is 24.3 Å². The minimum absolute atomic E-state index is 0.0512. The van der Waals surface area contributed by atoms with E-state index in [1.807, 2.05) is 18.2 Å². The summed E-state index contributed by atoms with van der Waals surface area (Å²) in [5.74, 6) is 0.0512. The van der Waals surface area contributed by atoms with Crippen LogP contribution in [0.5, 0.6) is 0 Å². The van der Waals surface area contributed by atoms with E-state index >= 15 is 0 Å². The van der Waals surface area contributed by atoms with Gasteiger partial charge in [-0.05, 0) is 36.6 Å². The molecule has 1 saturated heterocycles. The maximum absolute atomic E-state index is 11.9. The van der Waals surface area contributed by atoms with Crippen LogP contribution >= 0.6 is 0 Å². The van der Waals surface area contributed by atoms with Crippen molar-refractivity contribution in [2.24, 2.45) is 5.41 Å². The van der Waals surface area contributed by atoms with Crippen LogP contribution in [0.4, 0.5) is 11.4 Å². The van der Waals surface area contributed by atoms with Crippen LogP contribution in [0.1, 0.15) is 26.7 Å². The first-order valence-electron chi connectivity index (χ1n) is 6.82. The summed E-state index contributed by atoms with van der Waals surface area (Å²) in [5, 5.41) is 2.88. The van der Waals surface area contributed by atoms with Crippen molar-refractivity contribution >= 4 is 17.3 Å². The number of carbonyl (C=O) groups is 1. The van der Waals surface area contributed by atoms with Gasteiger partial charge >= 0.3 is 0 Å². The minimum Gasteiger partial charge on any atom is -0.399 e. The molecule has 19 heavy (non-hydrogen) atoms. The van der Waals surface area contributed by atoms with E-state index in [4.69, 9.17) is 5.73 Å². The van der Waals surface area contributed by atoms with Gasteiger partial charge in [0.2, 0.25) is 5.91 Å². The van der Waals surface area contributed by atoms with Crippen LogP contribution in [0.2, 0.25) is 0 Å². The normalized spacial score (nSPS) is 18.4. The summed E-state index contributed by atoms with van der Waals surface area (Å²) >= 11 is 0. The second-order valence-corrected chi connectivity index (χ2v) is 6.11. The van der Waals surface area contributed by atoms with E-state index in [1.54, 1.807) is 6.07 Å². The summed E-state index contributed by atoms with van der Waals surface area (Å²) in [5.41, 5.74) is 7.51. The van der Waals surface area contributed by atoms with Gasteiger partial charge in [0.1, 0.15) is 0 Å². The number of hydrogen-bond acceptors (Lipinski definition) is 3. The molecule has 1 fully saturated rings. The molecular formula is C15H23N3O. The van der Waals surface area contributed by atoms with Crippen molar-refractivity contribution in [3.63, 3.8) is 0 Å². The van der Waals surface area contributed by atoms with Crippen LogP contribution < -0.4 is 11.1 Å². The van der Waals surface area contributed by atoms with E-state index in [-0.39, 0.29) is 5.91 Å². The lowest BCUT2D eigenvalue weighted by Gasteiger charge is -2.19. The molecule has 0 aromatic heterocycles. The van der Waals surface area contributed by atoms with Crippen LogP contribution in [0.3, 0.4) is 0 Å². The first-order chi connectivity index (χ1) is 8.94. The first-order valence-corrected chi connectivity index (χ1v) is 6.82. The number of nitrogens with one attached hydrogen (secondary N) is 1. The lowest BCUT2D eigenvalue weighted by Crippen LogP contribution is -2.27. The second kappa shape index (κ2) is 5.61. The lowest BCUT2D eigenvalue weighted by atomic mass is 9.93. The van der Waals surface area contributed by atoms with Crippen LogP contribution in [0.25, 0.3) is 0 Å². The Morgan fingerprint density at radius 2 is 2.26 bits per heavy atom. The van der Waals surface area contributed by atoms with Gasteiger partial charge in [-0.15, -0.1) is 0 Å². The third-order valence-corrected chi connectivity index (χ3v) is 3.58. The van der Waals surface area contributed by atoms with E-state index in [0.29, 0.717) is 17.5 Å². The summed E-state index contributed by atoms with van der Waals surface area (Å²) in [6, 6.07) is 7.28. The molecule has 0 unspecified atom stereocenters. The number of likely N-dealkylation sites (tertiary alicyclic amines) is 1. The maximum Gasteiger partial charge on any atom is 0.225 e. The van der Waals surface area contributed by atoms with Crippen LogP contribution in [-0.2, 0) is 4.79 Å². The Bertz CT molecular complexity index is 456. The van der Waals surface area contributed by atoms with E-state index < -0.39 is 0 Å². The Kier molecular flexibility index (Phi) is 4.10. The number of hydrogen-bond donors (Lipinski definition) is 2. The molecule has 0 atom stereocenters. The SMILES string of the molecule is CC1(C)CCN(CCC(=O)Nc2cccc(N)c2)C1. The molecule has 0 radical (unpaired) electrons. The molecule has 1 heterocycles. The zero-order valence-electron chi connectivity index (χ0n) is 11.8. The molecule has 1 aliphatic heterocycles. The molecule has 1 aliphatic rings. The van der Waals surface area contributed by atoms with Gasteiger partial charge in [-0.2, -0.15) is 0 Å². The van der Waals surface area contributed by atoms with Gasteiger partial charge in [0, 0.05) is 30.9 Å². The molecule has 0 aliphatic carbocycles. The van der Waals surface area contributed by atoms with Crippen LogP contribution in [-0.4, -0.2) is 30.4 Å². The average molecular weight is 261 g/mol. The number of carbonyl (C=O) groups excluding carboxylic acids is 1. The summed E-state index contributed by atoms with van der Waals surface area (Å²) in [6.45, 7) is 7.56. The van der Waals surface area contributed by atoms with Crippen LogP contribution in [0, 0.1) is 5.41 Å². The number of nitrogens with zero attached hydrogens (tertiary/aromatic N) is 1. The summed E-state index contributed by atoms with van der Waals surface area (Å²) in [6.07, 6.45) is 1.74. The first kappa shape index (κ1) is 13.9. The quantitative estimate of drug-likeness (QED) is 0.818. The fraction of sp³-hybridized carbons (Fsp3) is 0.533. The predicted octanol–water partition coefficient (Wildman–Crippen LogP) is 2.33. The third-order valence-electron chi connectivity index (χ3n) is 3.58. The monoisotopic (exact) mass is 261 g/mol. The Morgan fingerprint density at radius 3 is 2.89 bits per heavy atom. The van der Waals surface area contributed by atoms with Gasteiger partial charge in [0.25, 0.3) is 0 Å². The van der Waals surface area contributed by atoms with Crippen molar-refractivity contribution in [2.75, 3.05) is 30.7 Å². The zero-order chi connectivity index (χ0) is 13.9. The highest BCUT2D eigenvalue weighted by atomic mass is 16.1.